The lowest BCUT2D eigenvalue weighted by Gasteiger charge is -2.34. The molecule has 2 rings (SSSR count). The number of benzene rings is 1. The van der Waals surface area contributed by atoms with Crippen molar-refractivity contribution >= 4 is 5.69 Å². The third-order valence-corrected chi connectivity index (χ3v) is 3.44. The Hall–Kier alpha value is -2.35. The zero-order valence-electron chi connectivity index (χ0n) is 13.5. The fourth-order valence-corrected chi connectivity index (χ4v) is 2.16. The lowest BCUT2D eigenvalue weighted by atomic mass is 10.0. The first-order valence-corrected chi connectivity index (χ1v) is 7.13. The van der Waals surface area contributed by atoms with E-state index in [2.05, 4.69) is 10.2 Å². The van der Waals surface area contributed by atoms with Gasteiger partial charge in [-0.2, -0.15) is 0 Å². The molecule has 0 saturated carbocycles. The molecule has 2 aromatic rings. The van der Waals surface area contributed by atoms with Gasteiger partial charge in [-0.1, -0.05) is 0 Å². The monoisotopic (exact) mass is 322 g/mol. The number of hydrogen-bond acceptors (Lipinski definition) is 6. The Balaban J connectivity index is 2.31. The predicted octanol–water partition coefficient (Wildman–Crippen LogP) is 3.23. The molecule has 0 atom stereocenters. The number of nitrogens with zero attached hydrogens (tertiary/aromatic N) is 4. The van der Waals surface area contributed by atoms with Gasteiger partial charge in [0.25, 0.3) is 5.69 Å². The fourth-order valence-electron chi connectivity index (χ4n) is 2.16. The third-order valence-electron chi connectivity index (χ3n) is 3.44. The summed E-state index contributed by atoms with van der Waals surface area (Å²) in [6.45, 7) is 8.08. The van der Waals surface area contributed by atoms with Crippen molar-refractivity contribution < 1.29 is 13.7 Å². The van der Waals surface area contributed by atoms with Crippen LogP contribution in [0.5, 0.6) is 0 Å². The molecule has 0 spiro atoms. The zero-order chi connectivity index (χ0) is 17.2. The molecule has 1 heterocycles. The highest BCUT2D eigenvalue weighted by Crippen LogP contribution is 2.26. The summed E-state index contributed by atoms with van der Waals surface area (Å²) in [7, 11) is 0. The van der Waals surface area contributed by atoms with Crippen LogP contribution >= 0.6 is 0 Å². The maximum absolute atomic E-state index is 13.5. The van der Waals surface area contributed by atoms with Crippen molar-refractivity contribution in [2.24, 2.45) is 0 Å². The van der Waals surface area contributed by atoms with Gasteiger partial charge in [0.15, 0.2) is 0 Å². The molecule has 0 aliphatic heterocycles. The standard InChI is InChI=1S/C15H19FN4O3/c1-10-17-18-14(23-10)9-19(15(2,3)4)8-11-7-12(16)5-6-13(11)20(21)22/h5-7H,8-9H2,1-4H3. The van der Waals surface area contributed by atoms with Gasteiger partial charge in [0.2, 0.25) is 11.8 Å². The molecule has 0 unspecified atom stereocenters. The Morgan fingerprint density at radius 3 is 2.52 bits per heavy atom. The summed E-state index contributed by atoms with van der Waals surface area (Å²) in [4.78, 5) is 12.6. The van der Waals surface area contributed by atoms with E-state index in [0.29, 0.717) is 23.9 Å². The number of hydrogen-bond donors (Lipinski definition) is 0. The van der Waals surface area contributed by atoms with Crippen molar-refractivity contribution in [1.82, 2.24) is 15.1 Å². The van der Waals surface area contributed by atoms with Crippen LogP contribution in [0.3, 0.4) is 0 Å². The van der Waals surface area contributed by atoms with Crippen molar-refractivity contribution in [1.29, 1.82) is 0 Å². The molecule has 0 aliphatic carbocycles. The van der Waals surface area contributed by atoms with Gasteiger partial charge in [0.05, 0.1) is 11.5 Å². The van der Waals surface area contributed by atoms with E-state index in [1.165, 1.54) is 12.1 Å². The third kappa shape index (κ3) is 4.32. The molecule has 124 valence electrons. The second-order valence-electron chi connectivity index (χ2n) is 6.27. The second-order valence-corrected chi connectivity index (χ2v) is 6.27. The number of halogens is 1. The number of nitro groups is 1. The maximum Gasteiger partial charge on any atom is 0.274 e. The Kier molecular flexibility index (Phi) is 4.74. The van der Waals surface area contributed by atoms with Gasteiger partial charge < -0.3 is 4.42 Å². The summed E-state index contributed by atoms with van der Waals surface area (Å²) in [5, 5.41) is 18.9. The summed E-state index contributed by atoms with van der Waals surface area (Å²) < 4.78 is 18.9. The van der Waals surface area contributed by atoms with Crippen molar-refractivity contribution in [3.63, 3.8) is 0 Å². The van der Waals surface area contributed by atoms with Crippen molar-refractivity contribution in [3.05, 3.63) is 51.5 Å². The van der Waals surface area contributed by atoms with Crippen LogP contribution in [0.1, 0.15) is 38.1 Å². The summed E-state index contributed by atoms with van der Waals surface area (Å²) >= 11 is 0. The number of aryl methyl sites for hydroxylation is 1. The van der Waals surface area contributed by atoms with Gasteiger partial charge in [-0.25, -0.2) is 4.39 Å². The van der Waals surface area contributed by atoms with E-state index in [4.69, 9.17) is 4.42 Å². The lowest BCUT2D eigenvalue weighted by molar-refractivity contribution is -0.385. The van der Waals surface area contributed by atoms with Crippen LogP contribution in [0.4, 0.5) is 10.1 Å². The molecule has 1 aromatic heterocycles. The summed E-state index contributed by atoms with van der Waals surface area (Å²) in [6, 6.07) is 3.46. The van der Waals surface area contributed by atoms with E-state index in [0.717, 1.165) is 6.07 Å². The summed E-state index contributed by atoms with van der Waals surface area (Å²) in [5.74, 6) is 0.357. The number of nitro benzene ring substituents is 1. The van der Waals surface area contributed by atoms with Crippen molar-refractivity contribution in [3.8, 4) is 0 Å². The van der Waals surface area contributed by atoms with Crippen molar-refractivity contribution in [2.75, 3.05) is 0 Å². The second kappa shape index (κ2) is 6.41. The molecule has 0 N–H and O–H groups in total. The van der Waals surface area contributed by atoms with E-state index in [-0.39, 0.29) is 17.8 Å². The normalized spacial score (nSPS) is 11.9. The predicted molar refractivity (Wildman–Crippen MR) is 81.1 cm³/mol. The van der Waals surface area contributed by atoms with Crippen LogP contribution < -0.4 is 0 Å². The van der Waals surface area contributed by atoms with Gasteiger partial charge in [-0.05, 0) is 32.9 Å². The van der Waals surface area contributed by atoms with Crippen LogP contribution in [-0.4, -0.2) is 25.6 Å². The van der Waals surface area contributed by atoms with Crippen LogP contribution in [0, 0.1) is 22.9 Å². The maximum atomic E-state index is 13.5. The van der Waals surface area contributed by atoms with Crippen molar-refractivity contribution in [2.45, 2.75) is 46.3 Å². The number of rotatable bonds is 5. The zero-order valence-corrected chi connectivity index (χ0v) is 13.5. The molecular formula is C15H19FN4O3. The molecule has 8 heteroatoms. The minimum Gasteiger partial charge on any atom is -0.424 e. The molecule has 0 bridgehead atoms. The van der Waals surface area contributed by atoms with E-state index >= 15 is 0 Å². The Bertz CT molecular complexity index is 709. The van der Waals surface area contributed by atoms with Gasteiger partial charge in [0, 0.05) is 30.6 Å². The molecule has 0 fully saturated rings. The molecule has 0 radical (unpaired) electrons. The SMILES string of the molecule is Cc1nnc(CN(Cc2cc(F)ccc2[N+](=O)[O-])C(C)(C)C)o1. The highest BCUT2D eigenvalue weighted by Gasteiger charge is 2.26. The Morgan fingerprint density at radius 1 is 1.30 bits per heavy atom. The minimum atomic E-state index is -0.507. The van der Waals surface area contributed by atoms with E-state index in [1.54, 1.807) is 6.92 Å². The molecule has 23 heavy (non-hydrogen) atoms. The fraction of sp³-hybridized carbons (Fsp3) is 0.467. The Labute approximate surface area is 133 Å². The van der Waals surface area contributed by atoms with Gasteiger partial charge in [0.1, 0.15) is 5.82 Å². The molecule has 7 nitrogen and oxygen atoms in total. The topological polar surface area (TPSA) is 85.3 Å². The van der Waals surface area contributed by atoms with E-state index in [9.17, 15) is 14.5 Å². The molecule has 0 saturated heterocycles. The summed E-state index contributed by atoms with van der Waals surface area (Å²) in [6.07, 6.45) is 0. The Morgan fingerprint density at radius 2 is 2.00 bits per heavy atom. The molecule has 0 amide bonds. The molecule has 1 aromatic carbocycles. The average molecular weight is 322 g/mol. The smallest absolute Gasteiger partial charge is 0.274 e. The van der Waals surface area contributed by atoms with E-state index in [1.807, 2.05) is 25.7 Å². The summed E-state index contributed by atoms with van der Waals surface area (Å²) in [5.41, 5.74) is -0.133. The highest BCUT2D eigenvalue weighted by atomic mass is 19.1. The van der Waals surface area contributed by atoms with Crippen LogP contribution in [-0.2, 0) is 13.1 Å². The number of aromatic nitrogens is 2. The first-order chi connectivity index (χ1) is 10.7. The molecule has 0 aliphatic rings. The average Bonchev–Trinajstić information content (AvgIpc) is 2.82. The van der Waals surface area contributed by atoms with Crippen LogP contribution in [0.25, 0.3) is 0 Å². The largest absolute Gasteiger partial charge is 0.424 e. The first kappa shape index (κ1) is 17.0. The quantitative estimate of drug-likeness (QED) is 0.620. The van der Waals surface area contributed by atoms with Gasteiger partial charge >= 0.3 is 0 Å². The lowest BCUT2D eigenvalue weighted by Crippen LogP contribution is -2.40. The first-order valence-electron chi connectivity index (χ1n) is 7.13. The van der Waals surface area contributed by atoms with Crippen LogP contribution in [0.2, 0.25) is 0 Å². The van der Waals surface area contributed by atoms with Crippen LogP contribution in [0.15, 0.2) is 22.6 Å². The van der Waals surface area contributed by atoms with Gasteiger partial charge in [-0.3, -0.25) is 15.0 Å². The van der Waals surface area contributed by atoms with Gasteiger partial charge in [-0.15, -0.1) is 10.2 Å². The highest BCUT2D eigenvalue weighted by molar-refractivity contribution is 5.40. The molecular weight excluding hydrogens is 303 g/mol. The van der Waals surface area contributed by atoms with E-state index < -0.39 is 10.7 Å². The minimum absolute atomic E-state index is 0.109.